The van der Waals surface area contributed by atoms with Crippen molar-refractivity contribution in [2.45, 2.75) is 32.9 Å². The van der Waals surface area contributed by atoms with Crippen molar-refractivity contribution in [1.29, 1.82) is 0 Å². The summed E-state index contributed by atoms with van der Waals surface area (Å²) in [6, 6.07) is 14.9. The first-order valence-electron chi connectivity index (χ1n) is 9.88. The molecule has 0 fully saturated rings. The van der Waals surface area contributed by atoms with Gasteiger partial charge in [-0.05, 0) is 40.0 Å². The molecule has 2 amide bonds. The Morgan fingerprint density at radius 1 is 1.10 bits per heavy atom. The minimum absolute atomic E-state index is 0.0155. The Kier molecular flexibility index (Phi) is 5.46. The van der Waals surface area contributed by atoms with Crippen molar-refractivity contribution in [3.05, 3.63) is 69.8 Å². The first kappa shape index (κ1) is 19.7. The Labute approximate surface area is 178 Å². The summed E-state index contributed by atoms with van der Waals surface area (Å²) in [4.78, 5) is 31.5. The van der Waals surface area contributed by atoms with Gasteiger partial charge in [0.1, 0.15) is 6.04 Å². The number of aromatic nitrogens is 1. The van der Waals surface area contributed by atoms with Crippen LogP contribution < -0.4 is 5.32 Å². The van der Waals surface area contributed by atoms with E-state index in [1.54, 1.807) is 6.07 Å². The number of nitrogens with one attached hydrogen (secondary N) is 2. The van der Waals surface area contributed by atoms with Gasteiger partial charge in [0.2, 0.25) is 5.91 Å². The van der Waals surface area contributed by atoms with Crippen LogP contribution in [0.3, 0.4) is 0 Å². The highest BCUT2D eigenvalue weighted by molar-refractivity contribution is 9.10. The van der Waals surface area contributed by atoms with Crippen LogP contribution in [0.2, 0.25) is 0 Å². The maximum atomic E-state index is 13.3. The van der Waals surface area contributed by atoms with Crippen LogP contribution in [0, 0.1) is 5.92 Å². The molecule has 4 rings (SSSR count). The number of rotatable bonds is 4. The molecule has 1 unspecified atom stereocenters. The molecule has 1 aromatic heterocycles. The van der Waals surface area contributed by atoms with Gasteiger partial charge >= 0.3 is 0 Å². The van der Waals surface area contributed by atoms with Crippen molar-refractivity contribution in [1.82, 2.24) is 15.2 Å². The van der Waals surface area contributed by atoms with E-state index >= 15 is 0 Å². The molecule has 1 aliphatic heterocycles. The minimum atomic E-state index is -0.568. The highest BCUT2D eigenvalue weighted by Gasteiger charge is 2.32. The van der Waals surface area contributed by atoms with Gasteiger partial charge in [-0.15, -0.1) is 0 Å². The molecule has 6 heteroatoms. The molecule has 0 aliphatic carbocycles. The number of benzene rings is 2. The average Bonchev–Trinajstić information content (AvgIpc) is 3.09. The maximum absolute atomic E-state index is 13.3. The summed E-state index contributed by atoms with van der Waals surface area (Å²) >= 11 is 3.41. The van der Waals surface area contributed by atoms with Crippen molar-refractivity contribution in [3.8, 4) is 0 Å². The molecule has 0 bridgehead atoms. The third kappa shape index (κ3) is 3.81. The van der Waals surface area contributed by atoms with Gasteiger partial charge in [-0.25, -0.2) is 0 Å². The molecule has 2 heterocycles. The minimum Gasteiger partial charge on any atom is -0.358 e. The maximum Gasteiger partial charge on any atom is 0.253 e. The van der Waals surface area contributed by atoms with Crippen LogP contribution in [0.15, 0.2) is 53.0 Å². The summed E-state index contributed by atoms with van der Waals surface area (Å²) in [6.07, 6.45) is 0.790. The Morgan fingerprint density at radius 2 is 1.83 bits per heavy atom. The van der Waals surface area contributed by atoms with Crippen LogP contribution in [0.1, 0.15) is 35.5 Å². The van der Waals surface area contributed by atoms with Crippen molar-refractivity contribution < 1.29 is 9.59 Å². The van der Waals surface area contributed by atoms with E-state index in [0.29, 0.717) is 23.1 Å². The molecule has 2 aromatic carbocycles. The Bertz CT molecular complexity index is 1070. The Morgan fingerprint density at radius 3 is 2.59 bits per heavy atom. The molecule has 0 radical (unpaired) electrons. The number of hydrogen-bond donors (Lipinski definition) is 2. The number of H-pyrrole nitrogens is 1. The molecule has 0 saturated heterocycles. The van der Waals surface area contributed by atoms with Crippen LogP contribution in [0.5, 0.6) is 0 Å². The number of nitrogens with zero attached hydrogens (tertiary/aromatic N) is 1. The highest BCUT2D eigenvalue weighted by Crippen LogP contribution is 2.28. The number of halogens is 1. The molecule has 0 saturated carbocycles. The van der Waals surface area contributed by atoms with Gasteiger partial charge in [-0.1, -0.05) is 44.2 Å². The highest BCUT2D eigenvalue weighted by atomic mass is 79.9. The molecule has 150 valence electrons. The summed E-state index contributed by atoms with van der Waals surface area (Å²) in [6.45, 7) is 5.13. The fourth-order valence-electron chi connectivity index (χ4n) is 3.93. The lowest BCUT2D eigenvalue weighted by molar-refractivity contribution is -0.135. The molecule has 29 heavy (non-hydrogen) atoms. The summed E-state index contributed by atoms with van der Waals surface area (Å²) in [5.41, 5.74) is 4.02. The third-order valence-corrected chi connectivity index (χ3v) is 6.22. The molecular weight excluding hydrogens is 430 g/mol. The second-order valence-corrected chi connectivity index (χ2v) is 8.67. The lowest BCUT2D eigenvalue weighted by atomic mass is 9.99. The molecule has 1 aliphatic rings. The molecule has 0 spiro atoms. The first-order chi connectivity index (χ1) is 14.0. The van der Waals surface area contributed by atoms with E-state index in [0.717, 1.165) is 11.9 Å². The SMILES string of the molecule is CC(C)C(NC(=O)c1ccccc1Br)C(=O)N1CCc2[nH]c3ccccc3c2C1. The molecule has 2 N–H and O–H groups in total. The molecule has 1 atom stereocenters. The summed E-state index contributed by atoms with van der Waals surface area (Å²) in [7, 11) is 0. The smallest absolute Gasteiger partial charge is 0.253 e. The second-order valence-electron chi connectivity index (χ2n) is 7.81. The van der Waals surface area contributed by atoms with Crippen LogP contribution >= 0.6 is 15.9 Å². The number of hydrogen-bond acceptors (Lipinski definition) is 2. The van der Waals surface area contributed by atoms with E-state index in [1.165, 1.54) is 16.6 Å². The number of fused-ring (bicyclic) bond motifs is 3. The molecular formula is C23H24BrN3O2. The van der Waals surface area contributed by atoms with Gasteiger partial charge in [-0.3, -0.25) is 9.59 Å². The molecule has 3 aromatic rings. The topological polar surface area (TPSA) is 65.2 Å². The fourth-order valence-corrected chi connectivity index (χ4v) is 4.39. The van der Waals surface area contributed by atoms with Gasteiger partial charge in [0, 0.05) is 46.1 Å². The number of carbonyl (C=O) groups excluding carboxylic acids is 2. The average molecular weight is 454 g/mol. The Balaban J connectivity index is 1.55. The van der Waals surface area contributed by atoms with E-state index in [4.69, 9.17) is 0 Å². The Hall–Kier alpha value is -2.60. The van der Waals surface area contributed by atoms with Crippen molar-refractivity contribution in [3.63, 3.8) is 0 Å². The van der Waals surface area contributed by atoms with Gasteiger partial charge in [-0.2, -0.15) is 0 Å². The van der Waals surface area contributed by atoms with Crippen molar-refractivity contribution in [2.75, 3.05) is 6.54 Å². The first-order valence-corrected chi connectivity index (χ1v) is 10.7. The van der Waals surface area contributed by atoms with Crippen LogP contribution in [-0.4, -0.2) is 34.3 Å². The van der Waals surface area contributed by atoms with E-state index < -0.39 is 6.04 Å². The van der Waals surface area contributed by atoms with E-state index in [1.807, 2.05) is 49.1 Å². The lowest BCUT2D eigenvalue weighted by Gasteiger charge is -2.32. The predicted octanol–water partition coefficient (Wildman–Crippen LogP) is 4.27. The van der Waals surface area contributed by atoms with Crippen LogP contribution in [0.4, 0.5) is 0 Å². The van der Waals surface area contributed by atoms with Crippen LogP contribution in [0.25, 0.3) is 10.9 Å². The second kappa shape index (κ2) is 8.03. The van der Waals surface area contributed by atoms with E-state index in [9.17, 15) is 9.59 Å². The van der Waals surface area contributed by atoms with Gasteiger partial charge in [0.25, 0.3) is 5.91 Å². The molecule has 5 nitrogen and oxygen atoms in total. The monoisotopic (exact) mass is 453 g/mol. The number of carbonyl (C=O) groups is 2. The van der Waals surface area contributed by atoms with Gasteiger partial charge < -0.3 is 15.2 Å². The summed E-state index contributed by atoms with van der Waals surface area (Å²) < 4.78 is 0.717. The number of aromatic amines is 1. The van der Waals surface area contributed by atoms with Crippen LogP contribution in [-0.2, 0) is 17.8 Å². The largest absolute Gasteiger partial charge is 0.358 e. The summed E-state index contributed by atoms with van der Waals surface area (Å²) in [5, 5.41) is 4.12. The van der Waals surface area contributed by atoms with Crippen molar-refractivity contribution >= 4 is 38.6 Å². The quantitative estimate of drug-likeness (QED) is 0.619. The number of para-hydroxylation sites is 1. The zero-order valence-electron chi connectivity index (χ0n) is 16.5. The lowest BCUT2D eigenvalue weighted by Crippen LogP contribution is -2.52. The summed E-state index contributed by atoms with van der Waals surface area (Å²) in [5.74, 6) is -0.288. The normalized spacial score (nSPS) is 14.7. The zero-order valence-corrected chi connectivity index (χ0v) is 18.1. The van der Waals surface area contributed by atoms with E-state index in [-0.39, 0.29) is 17.7 Å². The van der Waals surface area contributed by atoms with E-state index in [2.05, 4.69) is 38.4 Å². The zero-order chi connectivity index (χ0) is 20.5. The number of amides is 2. The third-order valence-electron chi connectivity index (χ3n) is 5.53. The van der Waals surface area contributed by atoms with Gasteiger partial charge in [0.05, 0.1) is 5.56 Å². The predicted molar refractivity (Wildman–Crippen MR) is 118 cm³/mol. The standard InChI is InChI=1S/C23H24BrN3O2/c1-14(2)21(26-22(28)16-8-3-5-9-18(16)24)23(29)27-12-11-20-17(13-27)15-7-4-6-10-19(15)25-20/h3-10,14,21,25H,11-13H2,1-2H3,(H,26,28). The van der Waals surface area contributed by atoms with Crippen molar-refractivity contribution in [2.24, 2.45) is 5.92 Å². The van der Waals surface area contributed by atoms with Gasteiger partial charge in [0.15, 0.2) is 0 Å². The fraction of sp³-hybridized carbons (Fsp3) is 0.304.